The van der Waals surface area contributed by atoms with E-state index in [1.165, 1.54) is 0 Å². The average Bonchev–Trinajstić information content (AvgIpc) is 2.57. The Morgan fingerprint density at radius 1 is 1.26 bits per heavy atom. The van der Waals surface area contributed by atoms with Gasteiger partial charge in [0.05, 0.1) is 6.61 Å². The average molecular weight is 375 g/mol. The number of para-hydroxylation sites is 1. The molecule has 0 fully saturated rings. The van der Waals surface area contributed by atoms with E-state index >= 15 is 0 Å². The normalized spacial score (nSPS) is 10.7. The Labute approximate surface area is 144 Å². The minimum atomic E-state index is -0.117. The number of aromatic nitrogens is 1. The summed E-state index contributed by atoms with van der Waals surface area (Å²) in [5.74, 6) is 1.28. The van der Waals surface area contributed by atoms with Gasteiger partial charge in [0.25, 0.3) is 5.91 Å². The second kappa shape index (κ2) is 8.48. The molecule has 120 valence electrons. The maximum atomic E-state index is 12.4. The Kier molecular flexibility index (Phi) is 6.35. The molecular weight excluding hydrogens is 356 g/mol. The minimum absolute atomic E-state index is 0.117. The van der Waals surface area contributed by atoms with Crippen molar-refractivity contribution < 1.29 is 9.53 Å². The van der Waals surface area contributed by atoms with Crippen molar-refractivity contribution in [1.82, 2.24) is 4.98 Å². The van der Waals surface area contributed by atoms with E-state index in [1.54, 1.807) is 23.2 Å². The van der Waals surface area contributed by atoms with E-state index in [2.05, 4.69) is 20.9 Å². The Bertz CT molecular complexity index is 684. The summed E-state index contributed by atoms with van der Waals surface area (Å²) in [4.78, 5) is 18.3. The van der Waals surface area contributed by atoms with Crippen molar-refractivity contribution in [3.8, 4) is 5.75 Å². The highest BCUT2D eigenvalue weighted by atomic mass is 79.9. The number of halogens is 1. The van der Waals surface area contributed by atoms with E-state index < -0.39 is 0 Å². The fourth-order valence-corrected chi connectivity index (χ4v) is 2.35. The van der Waals surface area contributed by atoms with E-state index in [-0.39, 0.29) is 5.91 Å². The lowest BCUT2D eigenvalue weighted by Gasteiger charge is -2.18. The van der Waals surface area contributed by atoms with Crippen LogP contribution < -0.4 is 9.64 Å². The number of benzene rings is 1. The van der Waals surface area contributed by atoms with Crippen LogP contribution in [0.4, 0.5) is 5.82 Å². The largest absolute Gasteiger partial charge is 0.493 e. The summed E-state index contributed by atoms with van der Waals surface area (Å²) in [6.07, 6.45) is 5.00. The number of likely N-dealkylation sites (N-methyl/N-ethyl adjacent to an activating group) is 1. The Balaban J connectivity index is 2.18. The van der Waals surface area contributed by atoms with Crippen LogP contribution in [0.3, 0.4) is 0 Å². The number of carbonyl (C=O) groups excluding carboxylic acids is 1. The van der Waals surface area contributed by atoms with E-state index in [0.717, 1.165) is 15.8 Å². The number of pyridine rings is 1. The molecule has 0 saturated heterocycles. The zero-order chi connectivity index (χ0) is 16.7. The fraction of sp³-hybridized carbons (Fsp3) is 0.222. The molecule has 0 spiro atoms. The molecule has 0 radical (unpaired) electrons. The molecule has 5 heteroatoms. The van der Waals surface area contributed by atoms with Crippen molar-refractivity contribution in [3.05, 3.63) is 58.7 Å². The van der Waals surface area contributed by atoms with Crippen LogP contribution in [0.2, 0.25) is 0 Å². The number of ether oxygens (including phenoxy) is 1. The Hall–Kier alpha value is -2.14. The maximum absolute atomic E-state index is 12.4. The molecule has 23 heavy (non-hydrogen) atoms. The first kappa shape index (κ1) is 17.2. The third-order valence-corrected chi connectivity index (χ3v) is 3.66. The highest BCUT2D eigenvalue weighted by Crippen LogP contribution is 2.20. The summed E-state index contributed by atoms with van der Waals surface area (Å²) in [6, 6.07) is 11.3. The molecule has 0 saturated carbocycles. The molecule has 1 aromatic heterocycles. The van der Waals surface area contributed by atoms with E-state index in [0.29, 0.717) is 19.0 Å². The number of rotatable bonds is 6. The first-order chi connectivity index (χ1) is 11.2. The van der Waals surface area contributed by atoms with Gasteiger partial charge >= 0.3 is 0 Å². The van der Waals surface area contributed by atoms with Crippen LogP contribution in [0.5, 0.6) is 5.75 Å². The molecule has 0 unspecified atom stereocenters. The van der Waals surface area contributed by atoms with Gasteiger partial charge in [-0.05, 0) is 54.1 Å². The number of nitrogens with zero attached hydrogens (tertiary/aromatic N) is 2. The maximum Gasteiger partial charge on any atom is 0.252 e. The molecule has 2 rings (SSSR count). The van der Waals surface area contributed by atoms with Gasteiger partial charge in [-0.15, -0.1) is 0 Å². The monoisotopic (exact) mass is 374 g/mol. The van der Waals surface area contributed by atoms with Gasteiger partial charge in [0.2, 0.25) is 0 Å². The summed E-state index contributed by atoms with van der Waals surface area (Å²) in [5.41, 5.74) is 0.877. The smallest absolute Gasteiger partial charge is 0.252 e. The van der Waals surface area contributed by atoms with Crippen LogP contribution >= 0.6 is 15.9 Å². The topological polar surface area (TPSA) is 42.4 Å². The molecule has 1 heterocycles. The third kappa shape index (κ3) is 4.66. The predicted octanol–water partition coefficient (Wildman–Crippen LogP) is 4.31. The van der Waals surface area contributed by atoms with Crippen molar-refractivity contribution in [1.29, 1.82) is 0 Å². The van der Waals surface area contributed by atoms with Gasteiger partial charge in [-0.1, -0.05) is 18.2 Å². The van der Waals surface area contributed by atoms with Crippen LogP contribution in [0.25, 0.3) is 6.08 Å². The molecule has 0 aliphatic heterocycles. The van der Waals surface area contributed by atoms with Gasteiger partial charge in [0, 0.05) is 28.9 Å². The van der Waals surface area contributed by atoms with Crippen LogP contribution in [0, 0.1) is 0 Å². The molecule has 4 nitrogen and oxygen atoms in total. The van der Waals surface area contributed by atoms with E-state index in [4.69, 9.17) is 4.74 Å². The van der Waals surface area contributed by atoms with Gasteiger partial charge in [-0.3, -0.25) is 9.69 Å². The molecule has 0 aliphatic rings. The highest BCUT2D eigenvalue weighted by Gasteiger charge is 2.12. The van der Waals surface area contributed by atoms with Crippen LogP contribution in [0.1, 0.15) is 19.4 Å². The first-order valence-corrected chi connectivity index (χ1v) is 8.28. The van der Waals surface area contributed by atoms with E-state index in [9.17, 15) is 4.79 Å². The lowest BCUT2D eigenvalue weighted by molar-refractivity contribution is -0.114. The molecule has 0 aliphatic carbocycles. The van der Waals surface area contributed by atoms with Crippen molar-refractivity contribution in [2.45, 2.75) is 13.8 Å². The SMILES string of the molecule is CCOc1ccccc1/C=C/C(=O)N(CC)c1ccc(Br)cn1. The van der Waals surface area contributed by atoms with Gasteiger partial charge in [0.1, 0.15) is 11.6 Å². The second-order valence-electron chi connectivity index (χ2n) is 4.72. The summed E-state index contributed by atoms with van der Waals surface area (Å²) in [5, 5.41) is 0. The number of anilines is 1. The molecular formula is C18H19BrN2O2. The quantitative estimate of drug-likeness (QED) is 0.707. The minimum Gasteiger partial charge on any atom is -0.493 e. The van der Waals surface area contributed by atoms with Crippen LogP contribution in [-0.2, 0) is 4.79 Å². The zero-order valence-corrected chi connectivity index (χ0v) is 14.8. The molecule has 2 aromatic rings. The summed E-state index contributed by atoms with van der Waals surface area (Å²) in [6.45, 7) is 4.99. The molecule has 1 amide bonds. The summed E-state index contributed by atoms with van der Waals surface area (Å²) >= 11 is 3.34. The zero-order valence-electron chi connectivity index (χ0n) is 13.2. The highest BCUT2D eigenvalue weighted by molar-refractivity contribution is 9.10. The van der Waals surface area contributed by atoms with Gasteiger partial charge in [-0.2, -0.15) is 0 Å². The summed E-state index contributed by atoms with van der Waals surface area (Å²) in [7, 11) is 0. The third-order valence-electron chi connectivity index (χ3n) is 3.19. The van der Waals surface area contributed by atoms with Gasteiger partial charge < -0.3 is 4.74 Å². The van der Waals surface area contributed by atoms with Crippen molar-refractivity contribution >= 4 is 33.7 Å². The van der Waals surface area contributed by atoms with Crippen molar-refractivity contribution in [3.63, 3.8) is 0 Å². The molecule has 1 aromatic carbocycles. The number of amides is 1. The van der Waals surface area contributed by atoms with Crippen molar-refractivity contribution in [2.75, 3.05) is 18.1 Å². The van der Waals surface area contributed by atoms with Crippen LogP contribution in [-0.4, -0.2) is 24.0 Å². The van der Waals surface area contributed by atoms with Gasteiger partial charge in [-0.25, -0.2) is 4.98 Å². The number of carbonyl (C=O) groups is 1. The lowest BCUT2D eigenvalue weighted by Crippen LogP contribution is -2.29. The van der Waals surface area contributed by atoms with Crippen LogP contribution in [0.15, 0.2) is 53.1 Å². The Morgan fingerprint density at radius 3 is 2.70 bits per heavy atom. The fourth-order valence-electron chi connectivity index (χ4n) is 2.11. The molecule has 0 atom stereocenters. The predicted molar refractivity (Wildman–Crippen MR) is 96.6 cm³/mol. The van der Waals surface area contributed by atoms with Gasteiger partial charge in [0.15, 0.2) is 0 Å². The standard InChI is InChI=1S/C18H19BrN2O2/c1-3-21(17-11-10-15(19)13-20-17)18(22)12-9-14-7-5-6-8-16(14)23-4-2/h5-13H,3-4H2,1-2H3/b12-9+. The Morgan fingerprint density at radius 2 is 2.04 bits per heavy atom. The number of hydrogen-bond donors (Lipinski definition) is 0. The lowest BCUT2D eigenvalue weighted by atomic mass is 10.2. The van der Waals surface area contributed by atoms with E-state index in [1.807, 2.05) is 50.2 Å². The summed E-state index contributed by atoms with van der Waals surface area (Å²) < 4.78 is 6.44. The van der Waals surface area contributed by atoms with Crippen molar-refractivity contribution in [2.24, 2.45) is 0 Å². The second-order valence-corrected chi connectivity index (χ2v) is 5.64. The molecule has 0 N–H and O–H groups in total. The number of hydrogen-bond acceptors (Lipinski definition) is 3. The first-order valence-electron chi connectivity index (χ1n) is 7.48. The molecule has 0 bridgehead atoms.